The molecule has 0 saturated heterocycles. The summed E-state index contributed by atoms with van der Waals surface area (Å²) >= 11 is 0. The lowest BCUT2D eigenvalue weighted by molar-refractivity contribution is 0.0459. The predicted octanol–water partition coefficient (Wildman–Crippen LogP) is 4.55. The van der Waals surface area contributed by atoms with Crippen LogP contribution in [-0.4, -0.2) is 69.1 Å². The maximum absolute atomic E-state index is 14.4. The number of fused-ring (bicyclic) bond motifs is 2. The van der Waals surface area contributed by atoms with Crippen LogP contribution in [0.5, 0.6) is 11.6 Å². The third kappa shape index (κ3) is 7.77. The molecule has 1 aliphatic heterocycles. The number of hydrogen-bond donors (Lipinski definition) is 1. The lowest BCUT2D eigenvalue weighted by atomic mass is 10.0. The molecule has 42 heavy (non-hydrogen) atoms. The quantitative estimate of drug-likeness (QED) is 0.357. The smallest absolute Gasteiger partial charge is 0.408 e. The average Bonchev–Trinajstić information content (AvgIpc) is 3.22. The molecule has 4 rings (SSSR count). The van der Waals surface area contributed by atoms with Crippen LogP contribution in [0.4, 0.5) is 15.0 Å². The summed E-state index contributed by atoms with van der Waals surface area (Å²) in [7, 11) is 0. The number of pyridine rings is 1. The number of amides is 1. The van der Waals surface area contributed by atoms with Crippen molar-refractivity contribution in [1.82, 2.24) is 24.9 Å². The molecule has 0 aliphatic carbocycles. The Kier molecular flexibility index (Phi) is 9.07. The second-order valence-corrected chi connectivity index (χ2v) is 12.0. The van der Waals surface area contributed by atoms with E-state index in [1.807, 2.05) is 25.7 Å². The van der Waals surface area contributed by atoms with Crippen molar-refractivity contribution >= 4 is 23.5 Å². The van der Waals surface area contributed by atoms with E-state index in [4.69, 9.17) is 23.9 Å². The fraction of sp³-hybridized carbons (Fsp3) is 0.552. The highest BCUT2D eigenvalue weighted by molar-refractivity contribution is 5.95. The maximum atomic E-state index is 14.4. The van der Waals surface area contributed by atoms with Crippen LogP contribution in [-0.2, 0) is 16.0 Å². The van der Waals surface area contributed by atoms with Crippen molar-refractivity contribution in [3.05, 3.63) is 41.6 Å². The van der Waals surface area contributed by atoms with Gasteiger partial charge < -0.3 is 29.2 Å². The highest BCUT2D eigenvalue weighted by Crippen LogP contribution is 2.33. The standard InChI is InChI=1S/C29H39FN6O6/c1-8-39-26(37)21-13-32-36-16-22-24(33-23(21)36)35(14-18(2)17-41-22)15-19-11-20(30)12-31-25(19)40-10-9-29(6,7)34-27(38)42-28(3,4)5/h11-13,16,18H,8-10,14-15,17H2,1-7H3,(H,34,38)/t18-/m0/s1. The number of nitrogens with one attached hydrogen (secondary N) is 1. The summed E-state index contributed by atoms with van der Waals surface area (Å²) in [6.45, 7) is 14.5. The highest BCUT2D eigenvalue weighted by atomic mass is 19.1. The summed E-state index contributed by atoms with van der Waals surface area (Å²) in [6.07, 6.45) is 4.11. The molecule has 0 saturated carbocycles. The minimum atomic E-state index is -0.629. The topological polar surface area (TPSA) is 129 Å². The third-order valence-corrected chi connectivity index (χ3v) is 6.35. The Morgan fingerprint density at radius 2 is 1.98 bits per heavy atom. The highest BCUT2D eigenvalue weighted by Gasteiger charge is 2.28. The minimum absolute atomic E-state index is 0.113. The molecule has 3 aromatic heterocycles. The van der Waals surface area contributed by atoms with E-state index in [0.717, 1.165) is 6.20 Å². The molecule has 0 aromatic carbocycles. The first-order valence-electron chi connectivity index (χ1n) is 14.0. The molecule has 1 aliphatic rings. The van der Waals surface area contributed by atoms with E-state index in [9.17, 15) is 14.0 Å². The number of alkyl carbamates (subject to hydrolysis) is 1. The first-order valence-corrected chi connectivity index (χ1v) is 14.0. The van der Waals surface area contributed by atoms with Crippen molar-refractivity contribution in [1.29, 1.82) is 0 Å². The summed E-state index contributed by atoms with van der Waals surface area (Å²) in [5.41, 5.74) is -0.179. The fourth-order valence-electron chi connectivity index (χ4n) is 4.42. The molecule has 0 spiro atoms. The lowest BCUT2D eigenvalue weighted by Gasteiger charge is -2.29. The van der Waals surface area contributed by atoms with Crippen LogP contribution in [0.1, 0.15) is 70.8 Å². The monoisotopic (exact) mass is 586 g/mol. The molecule has 13 heteroatoms. The van der Waals surface area contributed by atoms with Gasteiger partial charge in [0.25, 0.3) is 0 Å². The van der Waals surface area contributed by atoms with Gasteiger partial charge >= 0.3 is 12.1 Å². The number of rotatable bonds is 9. The zero-order valence-corrected chi connectivity index (χ0v) is 25.2. The van der Waals surface area contributed by atoms with Gasteiger partial charge in [-0.25, -0.2) is 28.5 Å². The molecule has 1 atom stereocenters. The summed E-state index contributed by atoms with van der Waals surface area (Å²) in [5, 5.41) is 7.10. The number of esters is 1. The van der Waals surface area contributed by atoms with Gasteiger partial charge in [-0.05, 0) is 47.6 Å². The largest absolute Gasteiger partial charge is 0.488 e. The summed E-state index contributed by atoms with van der Waals surface area (Å²) in [5.74, 6) is 0.307. The van der Waals surface area contributed by atoms with Crippen molar-refractivity contribution in [3.63, 3.8) is 0 Å². The first kappa shape index (κ1) is 30.8. The summed E-state index contributed by atoms with van der Waals surface area (Å²) in [4.78, 5) is 35.6. The fourth-order valence-corrected chi connectivity index (χ4v) is 4.42. The molecular formula is C29H39FN6O6. The van der Waals surface area contributed by atoms with Crippen molar-refractivity contribution in [3.8, 4) is 11.6 Å². The molecule has 0 unspecified atom stereocenters. The number of anilines is 1. The predicted molar refractivity (Wildman–Crippen MR) is 152 cm³/mol. The van der Waals surface area contributed by atoms with E-state index in [1.165, 1.54) is 16.8 Å². The number of ether oxygens (including phenoxy) is 4. The van der Waals surface area contributed by atoms with E-state index in [-0.39, 0.29) is 37.1 Å². The SMILES string of the molecule is CCOC(=O)c1cnn2cc3c(nc12)N(Cc1cc(F)cnc1OCCC(C)(C)NC(=O)OC(C)(C)C)C[C@H](C)CO3. The van der Waals surface area contributed by atoms with Gasteiger partial charge in [0.1, 0.15) is 17.0 Å². The molecule has 228 valence electrons. The van der Waals surface area contributed by atoms with Crippen LogP contribution < -0.4 is 19.7 Å². The molecule has 0 fully saturated rings. The summed E-state index contributed by atoms with van der Waals surface area (Å²) < 4.78 is 38.5. The molecule has 1 N–H and O–H groups in total. The van der Waals surface area contributed by atoms with E-state index in [0.29, 0.717) is 42.4 Å². The van der Waals surface area contributed by atoms with Crippen LogP contribution in [0.25, 0.3) is 5.65 Å². The molecule has 0 radical (unpaired) electrons. The van der Waals surface area contributed by atoms with E-state index < -0.39 is 29.0 Å². The van der Waals surface area contributed by atoms with Gasteiger partial charge in [-0.15, -0.1) is 0 Å². The Morgan fingerprint density at radius 3 is 2.69 bits per heavy atom. The Hall–Kier alpha value is -4.16. The van der Waals surface area contributed by atoms with Crippen LogP contribution in [0.2, 0.25) is 0 Å². The number of aromatic nitrogens is 4. The first-order chi connectivity index (χ1) is 19.7. The van der Waals surface area contributed by atoms with Crippen molar-refractivity contribution < 1.29 is 32.9 Å². The lowest BCUT2D eigenvalue weighted by Crippen LogP contribution is -2.46. The number of hydrogen-bond acceptors (Lipinski definition) is 10. The van der Waals surface area contributed by atoms with Crippen LogP contribution in [0.3, 0.4) is 0 Å². The molecule has 4 heterocycles. The van der Waals surface area contributed by atoms with Gasteiger partial charge in [0.2, 0.25) is 5.88 Å². The van der Waals surface area contributed by atoms with Gasteiger partial charge in [-0.1, -0.05) is 6.92 Å². The molecular weight excluding hydrogens is 547 g/mol. The number of nitrogens with zero attached hydrogens (tertiary/aromatic N) is 5. The molecule has 0 bridgehead atoms. The zero-order valence-electron chi connectivity index (χ0n) is 25.2. The number of carbonyl (C=O) groups excluding carboxylic acids is 2. The van der Waals surface area contributed by atoms with E-state index in [1.54, 1.807) is 33.9 Å². The minimum Gasteiger partial charge on any atom is -0.488 e. The molecule has 12 nitrogen and oxygen atoms in total. The van der Waals surface area contributed by atoms with Crippen molar-refractivity contribution in [2.75, 3.05) is 31.3 Å². The number of carbonyl (C=O) groups is 2. The Bertz CT molecular complexity index is 1440. The van der Waals surface area contributed by atoms with Gasteiger partial charge in [0.15, 0.2) is 17.2 Å². The third-order valence-electron chi connectivity index (χ3n) is 6.35. The van der Waals surface area contributed by atoms with Gasteiger partial charge in [0, 0.05) is 36.5 Å². The second kappa shape index (κ2) is 12.4. The average molecular weight is 587 g/mol. The van der Waals surface area contributed by atoms with Gasteiger partial charge in [-0.2, -0.15) is 5.10 Å². The van der Waals surface area contributed by atoms with Crippen molar-refractivity contribution in [2.45, 2.75) is 72.6 Å². The summed E-state index contributed by atoms with van der Waals surface area (Å²) in [6, 6.07) is 1.38. The van der Waals surface area contributed by atoms with E-state index >= 15 is 0 Å². The van der Waals surface area contributed by atoms with Crippen molar-refractivity contribution in [2.24, 2.45) is 5.92 Å². The second-order valence-electron chi connectivity index (χ2n) is 12.0. The Labute approximate surface area is 244 Å². The Balaban J connectivity index is 1.55. The van der Waals surface area contributed by atoms with Gasteiger partial charge in [-0.3, -0.25) is 0 Å². The zero-order chi connectivity index (χ0) is 30.7. The van der Waals surface area contributed by atoms with Crippen LogP contribution >= 0.6 is 0 Å². The van der Waals surface area contributed by atoms with Crippen LogP contribution in [0, 0.1) is 11.7 Å². The molecule has 1 amide bonds. The van der Waals surface area contributed by atoms with E-state index in [2.05, 4.69) is 15.4 Å². The van der Waals surface area contributed by atoms with Gasteiger partial charge in [0.05, 0.1) is 38.4 Å². The number of halogens is 1. The Morgan fingerprint density at radius 1 is 1.21 bits per heavy atom. The normalized spacial score (nSPS) is 15.4. The van der Waals surface area contributed by atoms with Crippen LogP contribution in [0.15, 0.2) is 24.7 Å². The maximum Gasteiger partial charge on any atom is 0.408 e. The molecule has 3 aromatic rings.